The predicted molar refractivity (Wildman–Crippen MR) is 96.3 cm³/mol. The second-order valence-corrected chi connectivity index (χ2v) is 7.70. The number of ether oxygens (including phenoxy) is 1. The lowest BCUT2D eigenvalue weighted by Gasteiger charge is -2.10. The number of esters is 1. The molecule has 0 amide bonds. The van der Waals surface area contributed by atoms with Crippen molar-refractivity contribution in [2.24, 2.45) is 0 Å². The molecular formula is C18H16ClNO4S. The number of halogens is 1. The number of aromatic nitrogens is 1. The number of nitrogens with zero attached hydrogens (tertiary/aromatic N) is 1. The van der Waals surface area contributed by atoms with Gasteiger partial charge in [-0.3, -0.25) is 4.79 Å². The zero-order chi connectivity index (χ0) is 18.0. The number of hydrogen-bond acceptors (Lipinski definition) is 4. The lowest BCUT2D eigenvalue weighted by atomic mass is 10.1. The molecule has 1 aromatic heterocycles. The highest BCUT2D eigenvalue weighted by Gasteiger charge is 2.20. The molecule has 2 aromatic carbocycles. The second-order valence-electron chi connectivity index (χ2n) is 5.48. The van der Waals surface area contributed by atoms with Gasteiger partial charge in [-0.15, -0.1) is 0 Å². The Balaban J connectivity index is 2.07. The Labute approximate surface area is 150 Å². The molecule has 0 bridgehead atoms. The van der Waals surface area contributed by atoms with E-state index in [2.05, 4.69) is 0 Å². The highest BCUT2D eigenvalue weighted by atomic mass is 35.5. The van der Waals surface area contributed by atoms with Crippen LogP contribution < -0.4 is 0 Å². The van der Waals surface area contributed by atoms with E-state index in [4.69, 9.17) is 16.3 Å². The average Bonchev–Trinajstić information content (AvgIpc) is 3.02. The maximum absolute atomic E-state index is 12.9. The monoisotopic (exact) mass is 377 g/mol. The summed E-state index contributed by atoms with van der Waals surface area (Å²) in [5.74, 6) is -0.368. The van der Waals surface area contributed by atoms with Gasteiger partial charge in [0.15, 0.2) is 0 Å². The maximum Gasteiger partial charge on any atom is 0.302 e. The molecule has 0 saturated carbocycles. The van der Waals surface area contributed by atoms with Gasteiger partial charge in [0.05, 0.1) is 17.0 Å². The Bertz CT molecular complexity index is 1030. The molecule has 5 nitrogen and oxygen atoms in total. The van der Waals surface area contributed by atoms with Crippen LogP contribution in [0, 0.1) is 0 Å². The number of fused-ring (bicyclic) bond motifs is 1. The topological polar surface area (TPSA) is 65.4 Å². The van der Waals surface area contributed by atoms with Crippen LogP contribution in [0.4, 0.5) is 0 Å². The zero-order valence-electron chi connectivity index (χ0n) is 13.5. The van der Waals surface area contributed by atoms with E-state index in [1.807, 2.05) is 0 Å². The van der Waals surface area contributed by atoms with Crippen molar-refractivity contribution >= 4 is 38.5 Å². The summed E-state index contributed by atoms with van der Waals surface area (Å²) in [6.45, 7) is 1.52. The van der Waals surface area contributed by atoms with Crippen LogP contribution >= 0.6 is 11.6 Å². The molecule has 0 spiro atoms. The van der Waals surface area contributed by atoms with Crippen molar-refractivity contribution in [3.05, 3.63) is 65.3 Å². The minimum absolute atomic E-state index is 0.185. The Morgan fingerprint density at radius 3 is 2.52 bits per heavy atom. The molecule has 0 fully saturated rings. The lowest BCUT2D eigenvalue weighted by Crippen LogP contribution is -2.11. The summed E-state index contributed by atoms with van der Waals surface area (Å²) < 4.78 is 31.9. The molecule has 0 N–H and O–H groups in total. The van der Waals surface area contributed by atoms with E-state index in [1.165, 1.54) is 17.1 Å². The number of hydrogen-bond donors (Lipinski definition) is 0. The SMILES string of the molecule is CC(=O)OCCc1c(Cl)ccc2c1ccn2S(=O)(=O)c1ccccc1. The fourth-order valence-corrected chi connectivity index (χ4v) is 4.32. The maximum atomic E-state index is 12.9. The van der Waals surface area contributed by atoms with Crippen molar-refractivity contribution in [2.75, 3.05) is 6.61 Å². The van der Waals surface area contributed by atoms with E-state index >= 15 is 0 Å². The molecule has 1 heterocycles. The first-order valence-electron chi connectivity index (χ1n) is 7.63. The van der Waals surface area contributed by atoms with Crippen molar-refractivity contribution in [3.63, 3.8) is 0 Å². The fourth-order valence-electron chi connectivity index (χ4n) is 2.69. The van der Waals surface area contributed by atoms with Gasteiger partial charge in [-0.2, -0.15) is 0 Å². The molecule has 130 valence electrons. The Morgan fingerprint density at radius 1 is 1.12 bits per heavy atom. The summed E-state index contributed by atoms with van der Waals surface area (Å²) in [6, 6.07) is 13.3. The first kappa shape index (κ1) is 17.5. The molecule has 3 aromatic rings. The van der Waals surface area contributed by atoms with Gasteiger partial charge in [0.1, 0.15) is 0 Å². The summed E-state index contributed by atoms with van der Waals surface area (Å²) in [5.41, 5.74) is 1.29. The third kappa shape index (κ3) is 3.41. The third-order valence-electron chi connectivity index (χ3n) is 3.85. The van der Waals surface area contributed by atoms with Crippen LogP contribution in [0.5, 0.6) is 0 Å². The van der Waals surface area contributed by atoms with Gasteiger partial charge in [-0.1, -0.05) is 29.8 Å². The Kier molecular flexibility index (Phi) is 4.83. The summed E-state index contributed by atoms with van der Waals surface area (Å²) >= 11 is 6.26. The lowest BCUT2D eigenvalue weighted by molar-refractivity contribution is -0.140. The van der Waals surface area contributed by atoms with Crippen molar-refractivity contribution in [3.8, 4) is 0 Å². The molecular weight excluding hydrogens is 362 g/mol. The van der Waals surface area contributed by atoms with Gasteiger partial charge < -0.3 is 4.74 Å². The largest absolute Gasteiger partial charge is 0.466 e. The summed E-state index contributed by atoms with van der Waals surface area (Å²) in [4.78, 5) is 11.1. The van der Waals surface area contributed by atoms with E-state index in [-0.39, 0.29) is 17.5 Å². The molecule has 25 heavy (non-hydrogen) atoms. The summed E-state index contributed by atoms with van der Waals surface area (Å²) in [7, 11) is -3.70. The van der Waals surface area contributed by atoms with E-state index in [1.54, 1.807) is 48.5 Å². The first-order valence-corrected chi connectivity index (χ1v) is 9.45. The molecule has 0 saturated heterocycles. The smallest absolute Gasteiger partial charge is 0.302 e. The van der Waals surface area contributed by atoms with Crippen LogP contribution in [0.3, 0.4) is 0 Å². The fraction of sp³-hybridized carbons (Fsp3) is 0.167. The van der Waals surface area contributed by atoms with Crippen LogP contribution in [0.25, 0.3) is 10.9 Å². The van der Waals surface area contributed by atoms with Crippen molar-refractivity contribution in [2.45, 2.75) is 18.2 Å². The number of rotatable bonds is 5. The van der Waals surface area contributed by atoms with Gasteiger partial charge >= 0.3 is 5.97 Å². The highest BCUT2D eigenvalue weighted by Crippen LogP contribution is 2.30. The van der Waals surface area contributed by atoms with Crippen LogP contribution in [-0.4, -0.2) is 25.0 Å². The zero-order valence-corrected chi connectivity index (χ0v) is 15.0. The average molecular weight is 378 g/mol. The van der Waals surface area contributed by atoms with Crippen LogP contribution in [-0.2, 0) is 26.0 Å². The first-order chi connectivity index (χ1) is 11.9. The van der Waals surface area contributed by atoms with Crippen molar-refractivity contribution in [1.29, 1.82) is 0 Å². The molecule has 0 atom stereocenters. The summed E-state index contributed by atoms with van der Waals surface area (Å²) in [6.07, 6.45) is 1.92. The van der Waals surface area contributed by atoms with Crippen LogP contribution in [0.1, 0.15) is 12.5 Å². The minimum atomic E-state index is -3.70. The number of benzene rings is 2. The van der Waals surface area contributed by atoms with Gasteiger partial charge in [0, 0.05) is 30.0 Å². The van der Waals surface area contributed by atoms with Gasteiger partial charge in [-0.05, 0) is 35.9 Å². The predicted octanol–water partition coefficient (Wildman–Crippen LogP) is 3.64. The van der Waals surface area contributed by atoms with Crippen LogP contribution in [0.2, 0.25) is 5.02 Å². The van der Waals surface area contributed by atoms with E-state index in [0.717, 1.165) is 10.9 Å². The normalized spacial score (nSPS) is 11.6. The molecule has 0 radical (unpaired) electrons. The van der Waals surface area contributed by atoms with Crippen molar-refractivity contribution < 1.29 is 17.9 Å². The van der Waals surface area contributed by atoms with E-state index in [9.17, 15) is 13.2 Å². The van der Waals surface area contributed by atoms with Gasteiger partial charge in [0.2, 0.25) is 0 Å². The molecule has 0 aliphatic rings. The number of carbonyl (C=O) groups is 1. The quantitative estimate of drug-likeness (QED) is 0.637. The van der Waals surface area contributed by atoms with Crippen molar-refractivity contribution in [1.82, 2.24) is 3.97 Å². The molecule has 0 aliphatic carbocycles. The molecule has 7 heteroatoms. The molecule has 0 unspecified atom stereocenters. The van der Waals surface area contributed by atoms with Gasteiger partial charge in [-0.25, -0.2) is 12.4 Å². The summed E-state index contributed by atoms with van der Waals surface area (Å²) in [5, 5.41) is 1.23. The van der Waals surface area contributed by atoms with E-state index in [0.29, 0.717) is 17.0 Å². The third-order valence-corrected chi connectivity index (χ3v) is 5.91. The Hall–Kier alpha value is -2.31. The van der Waals surface area contributed by atoms with E-state index < -0.39 is 10.0 Å². The highest BCUT2D eigenvalue weighted by molar-refractivity contribution is 7.90. The standard InChI is InChI=1S/C18H16ClNO4S/c1-13(21)24-12-10-15-16-9-11-20(18(16)8-7-17(15)19)25(22,23)14-5-3-2-4-6-14/h2-9,11H,10,12H2,1H3. The molecule has 0 aliphatic heterocycles. The molecule has 3 rings (SSSR count). The minimum Gasteiger partial charge on any atom is -0.466 e. The van der Waals surface area contributed by atoms with Crippen LogP contribution in [0.15, 0.2) is 59.6 Å². The Morgan fingerprint density at radius 2 is 1.84 bits per heavy atom. The van der Waals surface area contributed by atoms with Gasteiger partial charge in [0.25, 0.3) is 10.0 Å². The number of carbonyl (C=O) groups excluding carboxylic acids is 1. The second kappa shape index (κ2) is 6.90.